The summed E-state index contributed by atoms with van der Waals surface area (Å²) < 4.78 is 37.6. The van der Waals surface area contributed by atoms with Crippen molar-refractivity contribution < 1.29 is 17.9 Å². The van der Waals surface area contributed by atoms with Gasteiger partial charge in [0.15, 0.2) is 0 Å². The lowest BCUT2D eigenvalue weighted by atomic mass is 10.1. The molecule has 0 fully saturated rings. The zero-order valence-corrected chi connectivity index (χ0v) is 13.8. The molecule has 118 valence electrons. The van der Waals surface area contributed by atoms with Crippen molar-refractivity contribution in [1.29, 1.82) is 0 Å². The first-order valence-corrected chi connectivity index (χ1v) is 8.13. The maximum absolute atomic E-state index is 12.3. The summed E-state index contributed by atoms with van der Waals surface area (Å²) in [4.78, 5) is 0.295. The summed E-state index contributed by atoms with van der Waals surface area (Å²) >= 11 is 0. The van der Waals surface area contributed by atoms with E-state index in [9.17, 15) is 8.42 Å². The molecule has 1 aromatic carbocycles. The second kappa shape index (κ2) is 7.59. The zero-order valence-electron chi connectivity index (χ0n) is 13.0. The quantitative estimate of drug-likeness (QED) is 0.590. The molecule has 0 aliphatic heterocycles. The normalized spacial score (nSPS) is 11.4. The Balaban J connectivity index is 2.77. The minimum absolute atomic E-state index is 0.223. The van der Waals surface area contributed by atoms with Crippen LogP contribution >= 0.6 is 0 Å². The number of nitrogens with one attached hydrogen (secondary N) is 1. The molecule has 21 heavy (non-hydrogen) atoms. The highest BCUT2D eigenvalue weighted by molar-refractivity contribution is 7.89. The van der Waals surface area contributed by atoms with Gasteiger partial charge in [-0.25, -0.2) is 13.1 Å². The number of aryl methyl sites for hydroxylation is 2. The summed E-state index contributed by atoms with van der Waals surface area (Å²) in [7, 11) is -2.00. The maximum Gasteiger partial charge on any atom is 0.241 e. The lowest BCUT2D eigenvalue weighted by Gasteiger charge is -2.13. The summed E-state index contributed by atoms with van der Waals surface area (Å²) in [5, 5.41) is 0. The molecule has 1 aromatic rings. The second-order valence-electron chi connectivity index (χ2n) is 5.00. The molecule has 1 N–H and O–H groups in total. The van der Waals surface area contributed by atoms with Crippen LogP contribution in [0.15, 0.2) is 29.2 Å². The highest BCUT2D eigenvalue weighted by atomic mass is 32.2. The topological polar surface area (TPSA) is 64.6 Å². The first-order chi connectivity index (χ1) is 9.77. The van der Waals surface area contributed by atoms with Gasteiger partial charge in [-0.3, -0.25) is 0 Å². The molecule has 0 heterocycles. The molecule has 5 nitrogen and oxygen atoms in total. The van der Waals surface area contributed by atoms with Gasteiger partial charge in [-0.15, -0.1) is 0 Å². The lowest BCUT2D eigenvalue weighted by molar-refractivity contribution is 0.162. The minimum Gasteiger partial charge on any atom is -0.497 e. The second-order valence-corrected chi connectivity index (χ2v) is 6.70. The fourth-order valence-electron chi connectivity index (χ4n) is 2.02. The van der Waals surface area contributed by atoms with Gasteiger partial charge in [0.25, 0.3) is 0 Å². The van der Waals surface area contributed by atoms with E-state index in [0.29, 0.717) is 35.0 Å². The molecule has 0 radical (unpaired) electrons. The number of benzene rings is 1. The Morgan fingerprint density at radius 1 is 1.29 bits per heavy atom. The van der Waals surface area contributed by atoms with E-state index < -0.39 is 10.0 Å². The van der Waals surface area contributed by atoms with Crippen LogP contribution in [0.3, 0.4) is 0 Å². The molecule has 0 aliphatic carbocycles. The van der Waals surface area contributed by atoms with Gasteiger partial charge < -0.3 is 9.47 Å². The van der Waals surface area contributed by atoms with Gasteiger partial charge in [0.05, 0.1) is 25.2 Å². The molecule has 1 rings (SSSR count). The number of hydrogen-bond donors (Lipinski definition) is 1. The molecule has 0 spiro atoms. The monoisotopic (exact) mass is 313 g/mol. The Labute approximate surface area is 127 Å². The summed E-state index contributed by atoms with van der Waals surface area (Å²) in [5.74, 6) is 0.647. The van der Waals surface area contributed by atoms with Crippen molar-refractivity contribution in [1.82, 2.24) is 4.72 Å². The van der Waals surface area contributed by atoms with Crippen LogP contribution in [0.5, 0.6) is 5.75 Å². The highest BCUT2D eigenvalue weighted by Crippen LogP contribution is 2.25. The molecule has 0 saturated carbocycles. The van der Waals surface area contributed by atoms with Crippen molar-refractivity contribution >= 4 is 10.0 Å². The maximum atomic E-state index is 12.3. The summed E-state index contributed by atoms with van der Waals surface area (Å²) in [6.45, 7) is 10.0. The fraction of sp³-hybridized carbons (Fsp3) is 0.467. The van der Waals surface area contributed by atoms with Crippen LogP contribution in [0.25, 0.3) is 0 Å². The number of rotatable bonds is 8. The predicted molar refractivity (Wildman–Crippen MR) is 83.3 cm³/mol. The van der Waals surface area contributed by atoms with Crippen LogP contribution in [0.4, 0.5) is 0 Å². The number of hydrogen-bond acceptors (Lipinski definition) is 4. The van der Waals surface area contributed by atoms with Crippen LogP contribution in [0.2, 0.25) is 0 Å². The number of sulfonamides is 1. The summed E-state index contributed by atoms with van der Waals surface area (Å²) in [6.07, 6.45) is 0. The van der Waals surface area contributed by atoms with E-state index in [-0.39, 0.29) is 6.54 Å². The molecule has 0 unspecified atom stereocenters. The van der Waals surface area contributed by atoms with Gasteiger partial charge in [0, 0.05) is 6.54 Å². The number of ether oxygens (including phenoxy) is 2. The van der Waals surface area contributed by atoms with Crippen molar-refractivity contribution in [3.63, 3.8) is 0 Å². The van der Waals surface area contributed by atoms with Gasteiger partial charge in [-0.05, 0) is 44.0 Å². The van der Waals surface area contributed by atoms with Gasteiger partial charge >= 0.3 is 0 Å². The minimum atomic E-state index is -3.56. The molecular weight excluding hydrogens is 290 g/mol. The van der Waals surface area contributed by atoms with Crippen molar-refractivity contribution in [2.24, 2.45) is 0 Å². The Hall–Kier alpha value is -1.37. The zero-order chi connectivity index (χ0) is 16.0. The Bertz CT molecular complexity index is 585. The van der Waals surface area contributed by atoms with Crippen molar-refractivity contribution in [2.75, 3.05) is 26.9 Å². The third kappa shape index (κ3) is 5.15. The average molecular weight is 313 g/mol. The smallest absolute Gasteiger partial charge is 0.241 e. The van der Waals surface area contributed by atoms with Crippen molar-refractivity contribution in [3.05, 3.63) is 35.4 Å². The van der Waals surface area contributed by atoms with E-state index in [1.54, 1.807) is 33.1 Å². The summed E-state index contributed by atoms with van der Waals surface area (Å²) in [5.41, 5.74) is 2.21. The third-order valence-electron chi connectivity index (χ3n) is 2.83. The molecule has 0 bridgehead atoms. The van der Waals surface area contributed by atoms with Crippen LogP contribution in [-0.4, -0.2) is 35.3 Å². The highest BCUT2D eigenvalue weighted by Gasteiger charge is 2.19. The van der Waals surface area contributed by atoms with Crippen LogP contribution in [0, 0.1) is 13.8 Å². The van der Waals surface area contributed by atoms with E-state index >= 15 is 0 Å². The van der Waals surface area contributed by atoms with Gasteiger partial charge in [-0.2, -0.15) is 0 Å². The average Bonchev–Trinajstić information content (AvgIpc) is 2.36. The lowest BCUT2D eigenvalue weighted by Crippen LogP contribution is -2.28. The molecule has 0 amide bonds. The van der Waals surface area contributed by atoms with Gasteiger partial charge in [0.2, 0.25) is 10.0 Å². The van der Waals surface area contributed by atoms with E-state index in [4.69, 9.17) is 9.47 Å². The standard InChI is InChI=1S/C15H23NO4S/c1-11(2)10-20-7-6-16-21(17,18)15-12(3)8-14(19-5)9-13(15)4/h8-9,16H,1,6-7,10H2,2-5H3. The third-order valence-corrected chi connectivity index (χ3v) is 4.59. The van der Waals surface area contributed by atoms with E-state index in [1.165, 1.54) is 0 Å². The molecule has 6 heteroatoms. The Morgan fingerprint density at radius 2 is 1.86 bits per heavy atom. The molecule has 0 aromatic heterocycles. The van der Waals surface area contributed by atoms with Crippen LogP contribution in [0.1, 0.15) is 18.1 Å². The first-order valence-electron chi connectivity index (χ1n) is 6.65. The summed E-state index contributed by atoms with van der Waals surface area (Å²) in [6, 6.07) is 3.41. The molecule has 0 aliphatic rings. The predicted octanol–water partition coefficient (Wildman–Crippen LogP) is 2.18. The van der Waals surface area contributed by atoms with Gasteiger partial charge in [-0.1, -0.05) is 12.2 Å². The van der Waals surface area contributed by atoms with E-state index in [1.807, 2.05) is 6.92 Å². The van der Waals surface area contributed by atoms with Crippen molar-refractivity contribution in [2.45, 2.75) is 25.7 Å². The Morgan fingerprint density at radius 3 is 2.33 bits per heavy atom. The fourth-order valence-corrected chi connectivity index (χ4v) is 3.48. The Kier molecular flexibility index (Phi) is 6.39. The first kappa shape index (κ1) is 17.7. The molecule has 0 saturated heterocycles. The van der Waals surface area contributed by atoms with Crippen LogP contribution in [-0.2, 0) is 14.8 Å². The van der Waals surface area contributed by atoms with E-state index in [0.717, 1.165) is 5.57 Å². The largest absolute Gasteiger partial charge is 0.497 e. The van der Waals surface area contributed by atoms with Crippen LogP contribution < -0.4 is 9.46 Å². The van der Waals surface area contributed by atoms with Crippen molar-refractivity contribution in [3.8, 4) is 5.75 Å². The molecule has 0 atom stereocenters. The number of methoxy groups -OCH3 is 1. The van der Waals surface area contributed by atoms with Gasteiger partial charge in [0.1, 0.15) is 5.75 Å². The van der Waals surface area contributed by atoms with E-state index in [2.05, 4.69) is 11.3 Å². The molecular formula is C15H23NO4S. The SMILES string of the molecule is C=C(C)COCCNS(=O)(=O)c1c(C)cc(OC)cc1C.